The van der Waals surface area contributed by atoms with Gasteiger partial charge < -0.3 is 28.4 Å². The van der Waals surface area contributed by atoms with Gasteiger partial charge in [-0.25, -0.2) is 19.2 Å². The van der Waals surface area contributed by atoms with E-state index in [0.29, 0.717) is 0 Å². The summed E-state index contributed by atoms with van der Waals surface area (Å²) in [4.78, 5) is 50.8. The van der Waals surface area contributed by atoms with E-state index in [1.165, 1.54) is 27.7 Å². The minimum absolute atomic E-state index is 0.0377. The Morgan fingerprint density at radius 2 is 0.754 bits per heavy atom. The van der Waals surface area contributed by atoms with Crippen LogP contribution in [0.15, 0.2) is 146 Å². The third-order valence-electron chi connectivity index (χ3n) is 9.33. The third-order valence-corrected chi connectivity index (χ3v) is 9.33. The van der Waals surface area contributed by atoms with E-state index < -0.39 is 41.2 Å². The van der Waals surface area contributed by atoms with Crippen LogP contribution in [0.3, 0.4) is 0 Å². The highest BCUT2D eigenvalue weighted by molar-refractivity contribution is 5.90. The van der Waals surface area contributed by atoms with Gasteiger partial charge in [0, 0.05) is 22.3 Å². The van der Waals surface area contributed by atoms with Crippen molar-refractivity contribution in [3.63, 3.8) is 0 Å². The molecule has 294 valence electrons. The maximum absolute atomic E-state index is 12.7. The molecule has 1 aliphatic carbocycles. The zero-order valence-corrected chi connectivity index (χ0v) is 33.1. The second-order valence-corrected chi connectivity index (χ2v) is 13.8. The molecule has 0 bridgehead atoms. The van der Waals surface area contributed by atoms with E-state index in [2.05, 4.69) is 50.6 Å². The van der Waals surface area contributed by atoms with Crippen LogP contribution in [0, 0.1) is 0 Å². The number of carbonyl (C=O) groups is 4. The predicted molar refractivity (Wildman–Crippen MR) is 215 cm³/mol. The van der Waals surface area contributed by atoms with Crippen LogP contribution < -0.4 is 9.47 Å². The van der Waals surface area contributed by atoms with Crippen molar-refractivity contribution in [3.05, 3.63) is 168 Å². The van der Waals surface area contributed by atoms with Crippen LogP contribution in [-0.4, -0.2) is 35.8 Å². The summed E-state index contributed by atoms with van der Waals surface area (Å²) in [6.45, 7) is 23.8. The summed E-state index contributed by atoms with van der Waals surface area (Å²) in [5.74, 6) is -6.88. The minimum atomic E-state index is -2.10. The molecule has 1 aliphatic rings. The van der Waals surface area contributed by atoms with Crippen LogP contribution in [0.4, 0.5) is 0 Å². The Labute approximate surface area is 333 Å². The van der Waals surface area contributed by atoms with Gasteiger partial charge in [-0.1, -0.05) is 113 Å². The lowest BCUT2D eigenvalue weighted by Crippen LogP contribution is -2.45. The third kappa shape index (κ3) is 8.30. The average Bonchev–Trinajstić information content (AvgIpc) is 3.49. The Morgan fingerprint density at radius 1 is 0.474 bits per heavy atom. The van der Waals surface area contributed by atoms with Crippen LogP contribution in [0.1, 0.15) is 76.6 Å². The van der Waals surface area contributed by atoms with Crippen LogP contribution in [0.5, 0.6) is 11.5 Å². The molecule has 0 saturated carbocycles. The molecule has 0 aliphatic heterocycles. The molecule has 0 heterocycles. The van der Waals surface area contributed by atoms with E-state index in [9.17, 15) is 19.2 Å². The number of benzene rings is 4. The highest BCUT2D eigenvalue weighted by Crippen LogP contribution is 2.56. The zero-order chi connectivity index (χ0) is 41.7. The molecule has 5 rings (SSSR count). The molecule has 4 aromatic carbocycles. The van der Waals surface area contributed by atoms with E-state index >= 15 is 0 Å². The molecule has 0 unspecified atom stereocenters. The predicted octanol–water partition coefficient (Wildman–Crippen LogP) is 9.41. The molecule has 0 spiro atoms. The number of ether oxygens (including phenoxy) is 6. The Kier molecular flexibility index (Phi) is 12.1. The van der Waals surface area contributed by atoms with Gasteiger partial charge in [0.15, 0.2) is 0 Å². The highest BCUT2D eigenvalue weighted by Gasteiger charge is 2.47. The standard InChI is InChI=1S/C47H46O10/c1-11-45(54-41(48)29(3)4,55-42(49)30(5)6)52-35-25-21-33(22-26-35)47(39-19-15-13-17-37(39)38-18-14-16-20-40(38)47)34-23-27-36(28-24-34)53-46(12-2,56-43(50)31(7)8)57-44(51)32(9)10/h13-28H,3,5,7,9,11-12H2,1-2,4,6,8,10H3. The highest BCUT2D eigenvalue weighted by atomic mass is 16.9. The Morgan fingerprint density at radius 3 is 1.02 bits per heavy atom. The lowest BCUT2D eigenvalue weighted by Gasteiger charge is -2.35. The average molecular weight is 771 g/mol. The SMILES string of the molecule is C=C(C)C(=O)OC(CC)(OC(=O)C(=C)C)Oc1ccc(C2(c3ccc(OC(CC)(OC(=O)C(=C)C)OC(=O)C(=C)C)cc3)c3ccccc3-c3ccccc32)cc1. The van der Waals surface area contributed by atoms with Crippen molar-refractivity contribution in [1.29, 1.82) is 0 Å². The fourth-order valence-corrected chi connectivity index (χ4v) is 6.40. The topological polar surface area (TPSA) is 124 Å². The molecule has 0 amide bonds. The van der Waals surface area contributed by atoms with Gasteiger partial charge in [-0.15, -0.1) is 0 Å². The number of rotatable bonds is 16. The largest absolute Gasteiger partial charge is 0.421 e. The number of esters is 4. The summed E-state index contributed by atoms with van der Waals surface area (Å²) < 4.78 is 34.7. The first-order valence-corrected chi connectivity index (χ1v) is 18.3. The van der Waals surface area contributed by atoms with Gasteiger partial charge in [0.25, 0.3) is 0 Å². The normalized spacial score (nSPS) is 12.5. The maximum atomic E-state index is 12.7. The molecule has 57 heavy (non-hydrogen) atoms. The molecular weight excluding hydrogens is 725 g/mol. The molecule has 0 aromatic heterocycles. The van der Waals surface area contributed by atoms with Crippen molar-refractivity contribution in [2.24, 2.45) is 0 Å². The van der Waals surface area contributed by atoms with Crippen molar-refractivity contribution in [2.75, 3.05) is 0 Å². The van der Waals surface area contributed by atoms with E-state index in [1.807, 2.05) is 48.5 Å². The zero-order valence-electron chi connectivity index (χ0n) is 33.1. The van der Waals surface area contributed by atoms with Gasteiger partial charge in [0.05, 0.1) is 18.3 Å². The summed E-state index contributed by atoms with van der Waals surface area (Å²) in [6, 6.07) is 30.7. The summed E-state index contributed by atoms with van der Waals surface area (Å²) in [7, 11) is 0. The van der Waals surface area contributed by atoms with Crippen molar-refractivity contribution in [3.8, 4) is 22.6 Å². The number of fused-ring (bicyclic) bond motifs is 3. The molecule has 0 N–H and O–H groups in total. The Bertz CT molecular complexity index is 2040. The monoisotopic (exact) mass is 770 g/mol. The number of carbonyl (C=O) groups excluding carboxylic acids is 4. The maximum Gasteiger partial charge on any atom is 0.421 e. The van der Waals surface area contributed by atoms with Gasteiger partial charge in [-0.05, 0) is 85.3 Å². The van der Waals surface area contributed by atoms with E-state index in [4.69, 9.17) is 28.4 Å². The Hall–Kier alpha value is -6.68. The van der Waals surface area contributed by atoms with Crippen molar-refractivity contribution < 1.29 is 47.6 Å². The van der Waals surface area contributed by atoms with Crippen LogP contribution in [0.2, 0.25) is 0 Å². The first kappa shape index (κ1) is 41.5. The smallest absolute Gasteiger partial charge is 0.420 e. The molecule has 0 fully saturated rings. The Balaban J connectivity index is 1.62. The molecule has 0 atom stereocenters. The van der Waals surface area contributed by atoms with Crippen molar-refractivity contribution in [1.82, 2.24) is 0 Å². The van der Waals surface area contributed by atoms with E-state index in [1.54, 1.807) is 38.1 Å². The summed E-state index contributed by atoms with van der Waals surface area (Å²) in [5.41, 5.74) is 5.32. The van der Waals surface area contributed by atoms with Gasteiger partial charge >= 0.3 is 35.8 Å². The van der Waals surface area contributed by atoms with Crippen LogP contribution >= 0.6 is 0 Å². The second kappa shape index (κ2) is 16.6. The fraction of sp³-hybridized carbons (Fsp3) is 0.234. The molecule has 10 heteroatoms. The molecular formula is C47H46O10. The van der Waals surface area contributed by atoms with Crippen LogP contribution in [-0.2, 0) is 43.5 Å². The minimum Gasteiger partial charge on any atom is -0.420 e. The lowest BCUT2D eigenvalue weighted by molar-refractivity contribution is -0.308. The van der Waals surface area contributed by atoms with Gasteiger partial charge in [0.2, 0.25) is 0 Å². The van der Waals surface area contributed by atoms with Gasteiger partial charge in [-0.3, -0.25) is 0 Å². The van der Waals surface area contributed by atoms with Gasteiger partial charge in [0.1, 0.15) is 11.5 Å². The quantitative estimate of drug-likeness (QED) is 0.0545. The van der Waals surface area contributed by atoms with Crippen LogP contribution in [0.25, 0.3) is 11.1 Å². The summed E-state index contributed by atoms with van der Waals surface area (Å²) >= 11 is 0. The fourth-order valence-electron chi connectivity index (χ4n) is 6.40. The number of hydrogen-bond acceptors (Lipinski definition) is 10. The molecule has 0 saturated heterocycles. The summed E-state index contributed by atoms with van der Waals surface area (Å²) in [5, 5.41) is 0. The lowest BCUT2D eigenvalue weighted by atomic mass is 9.68. The molecule has 10 nitrogen and oxygen atoms in total. The van der Waals surface area contributed by atoms with Crippen molar-refractivity contribution >= 4 is 23.9 Å². The van der Waals surface area contributed by atoms with Crippen molar-refractivity contribution in [2.45, 2.75) is 71.7 Å². The summed E-state index contributed by atoms with van der Waals surface area (Å²) in [6.07, 6.45) is -0.0754. The molecule has 4 aromatic rings. The molecule has 0 radical (unpaired) electrons. The van der Waals surface area contributed by atoms with E-state index in [0.717, 1.165) is 33.4 Å². The number of hydrogen-bond donors (Lipinski definition) is 0. The second-order valence-electron chi connectivity index (χ2n) is 13.8. The first-order chi connectivity index (χ1) is 27.0. The van der Waals surface area contributed by atoms with E-state index in [-0.39, 0.29) is 46.6 Å². The first-order valence-electron chi connectivity index (χ1n) is 18.3. The van der Waals surface area contributed by atoms with Gasteiger partial charge in [-0.2, -0.15) is 0 Å².